The lowest BCUT2D eigenvalue weighted by Crippen LogP contribution is -2.08. The number of aromatic nitrogens is 1. The van der Waals surface area contributed by atoms with Crippen LogP contribution in [0.3, 0.4) is 0 Å². The normalized spacial score (nSPS) is 11.4. The molecule has 0 saturated carbocycles. The second kappa shape index (κ2) is 9.44. The number of hydrogen-bond donors (Lipinski definition) is 2. The van der Waals surface area contributed by atoms with Crippen LogP contribution < -0.4 is 10.6 Å². The number of amides is 1. The number of halogens is 3. The monoisotopic (exact) mass is 503 g/mol. The molecule has 3 aromatic rings. The lowest BCUT2D eigenvalue weighted by atomic mass is 10.0. The number of benzene rings is 2. The van der Waals surface area contributed by atoms with E-state index in [4.69, 9.17) is 4.52 Å². The summed E-state index contributed by atoms with van der Waals surface area (Å²) in [6, 6.07) is 6.84. The van der Waals surface area contributed by atoms with Gasteiger partial charge in [-0.05, 0) is 66.5 Å². The van der Waals surface area contributed by atoms with Crippen molar-refractivity contribution < 1.29 is 22.9 Å². The second-order valence-electron chi connectivity index (χ2n) is 7.20. The molecule has 0 aliphatic heterocycles. The van der Waals surface area contributed by atoms with Crippen molar-refractivity contribution in [1.82, 2.24) is 5.16 Å². The Labute approximate surface area is 191 Å². The first-order valence-corrected chi connectivity index (χ1v) is 10.3. The largest absolute Gasteiger partial charge is 0.361 e. The van der Waals surface area contributed by atoms with Gasteiger partial charge < -0.3 is 15.2 Å². The van der Waals surface area contributed by atoms with Crippen LogP contribution in [0.15, 0.2) is 51.1 Å². The predicted octanol–water partition coefficient (Wildman–Crippen LogP) is 6.16. The molecule has 0 aliphatic carbocycles. The Hall–Kier alpha value is -3.33. The van der Waals surface area contributed by atoms with Crippen LogP contribution in [-0.4, -0.2) is 16.8 Å². The van der Waals surface area contributed by atoms with Gasteiger partial charge >= 0.3 is 0 Å². The molecule has 3 rings (SSSR count). The zero-order chi connectivity index (χ0) is 23.6. The minimum absolute atomic E-state index is 0.0488. The van der Waals surface area contributed by atoms with Gasteiger partial charge in [-0.25, -0.2) is 8.78 Å². The minimum atomic E-state index is -0.695. The van der Waals surface area contributed by atoms with Gasteiger partial charge in [0.05, 0.1) is 22.6 Å². The van der Waals surface area contributed by atoms with Gasteiger partial charge in [0.2, 0.25) is 5.91 Å². The topological polar surface area (TPSA) is 84.2 Å². The van der Waals surface area contributed by atoms with Crippen molar-refractivity contribution in [2.24, 2.45) is 0 Å². The molecule has 0 fully saturated rings. The van der Waals surface area contributed by atoms with Crippen molar-refractivity contribution in [1.29, 1.82) is 0 Å². The van der Waals surface area contributed by atoms with E-state index in [0.29, 0.717) is 38.4 Å². The first-order valence-electron chi connectivity index (χ1n) is 9.56. The number of ketones is 1. The van der Waals surface area contributed by atoms with Crippen LogP contribution in [0.25, 0.3) is 11.1 Å². The highest BCUT2D eigenvalue weighted by Gasteiger charge is 2.16. The highest BCUT2D eigenvalue weighted by molar-refractivity contribution is 9.10. The highest BCUT2D eigenvalue weighted by Crippen LogP contribution is 2.30. The maximum atomic E-state index is 14.7. The molecular formula is C23H20BrF2N3O3. The van der Waals surface area contributed by atoms with Crippen LogP contribution >= 0.6 is 15.9 Å². The summed E-state index contributed by atoms with van der Waals surface area (Å²) in [4.78, 5) is 23.9. The van der Waals surface area contributed by atoms with E-state index in [-0.39, 0.29) is 17.2 Å². The van der Waals surface area contributed by atoms with Crippen molar-refractivity contribution in [2.45, 2.75) is 27.7 Å². The second-order valence-corrected chi connectivity index (χ2v) is 8.06. The fourth-order valence-electron chi connectivity index (χ4n) is 3.22. The van der Waals surface area contributed by atoms with Crippen LogP contribution in [0.1, 0.15) is 35.7 Å². The Morgan fingerprint density at radius 2 is 1.75 bits per heavy atom. The Morgan fingerprint density at radius 3 is 2.34 bits per heavy atom. The van der Waals surface area contributed by atoms with E-state index in [1.165, 1.54) is 37.3 Å². The Balaban J connectivity index is 1.83. The summed E-state index contributed by atoms with van der Waals surface area (Å²) < 4.78 is 34.5. The van der Waals surface area contributed by atoms with Crippen molar-refractivity contribution in [2.75, 3.05) is 10.6 Å². The summed E-state index contributed by atoms with van der Waals surface area (Å²) in [6.07, 6.45) is 1.17. The first kappa shape index (κ1) is 23.3. The van der Waals surface area contributed by atoms with Gasteiger partial charge in [-0.2, -0.15) is 0 Å². The molecule has 6 nitrogen and oxygen atoms in total. The van der Waals surface area contributed by atoms with E-state index >= 15 is 0 Å². The van der Waals surface area contributed by atoms with Crippen LogP contribution in [-0.2, 0) is 4.79 Å². The SMILES string of the molecule is CC(=O)Nc1cc(N/C(C)=C\C(=O)c2ccc(-c3c(C)noc3C)cc2F)c(F)cc1Br. The van der Waals surface area contributed by atoms with E-state index in [9.17, 15) is 18.4 Å². The molecule has 32 heavy (non-hydrogen) atoms. The molecule has 0 radical (unpaired) electrons. The maximum absolute atomic E-state index is 14.7. The molecule has 0 bridgehead atoms. The van der Waals surface area contributed by atoms with Crippen molar-refractivity contribution in [3.05, 3.63) is 75.2 Å². The molecule has 166 valence electrons. The number of allylic oxidation sites excluding steroid dienone is 2. The number of aryl methyl sites for hydroxylation is 2. The van der Waals surface area contributed by atoms with Crippen molar-refractivity contribution in [3.63, 3.8) is 0 Å². The molecule has 0 saturated heterocycles. The molecule has 1 heterocycles. The third kappa shape index (κ3) is 5.11. The Kier molecular flexibility index (Phi) is 6.88. The predicted molar refractivity (Wildman–Crippen MR) is 121 cm³/mol. The molecule has 0 spiro atoms. The van der Waals surface area contributed by atoms with E-state index in [1.54, 1.807) is 26.8 Å². The molecule has 1 amide bonds. The van der Waals surface area contributed by atoms with Gasteiger partial charge in [-0.15, -0.1) is 0 Å². The van der Waals surface area contributed by atoms with Gasteiger partial charge in [0.25, 0.3) is 0 Å². The fourth-order valence-corrected chi connectivity index (χ4v) is 3.63. The summed E-state index contributed by atoms with van der Waals surface area (Å²) in [5.74, 6) is -1.64. The van der Waals surface area contributed by atoms with E-state index < -0.39 is 17.4 Å². The van der Waals surface area contributed by atoms with Gasteiger partial charge in [-0.3, -0.25) is 9.59 Å². The summed E-state index contributed by atoms with van der Waals surface area (Å²) in [5, 5.41) is 9.20. The third-order valence-electron chi connectivity index (χ3n) is 4.60. The molecule has 9 heteroatoms. The van der Waals surface area contributed by atoms with E-state index in [0.717, 1.165) is 0 Å². The summed E-state index contributed by atoms with van der Waals surface area (Å²) in [7, 11) is 0. The lowest BCUT2D eigenvalue weighted by molar-refractivity contribution is -0.114. The number of carbonyl (C=O) groups is 2. The lowest BCUT2D eigenvalue weighted by Gasteiger charge is -2.12. The standard InChI is InChI=1S/C23H20BrF2N3O3/c1-11(27-21-10-20(28-14(4)30)17(24)9-19(21)26)7-22(31)16-6-5-15(8-18(16)25)23-12(2)29-32-13(23)3/h5-10,27H,1-4H3,(H,28,30)/b11-7-. The fraction of sp³-hybridized carbons (Fsp3) is 0.174. The molecule has 1 aromatic heterocycles. The molecule has 0 aliphatic rings. The average molecular weight is 504 g/mol. The summed E-state index contributed by atoms with van der Waals surface area (Å²) in [5.41, 5.74) is 2.43. The van der Waals surface area contributed by atoms with Crippen molar-refractivity contribution >= 4 is 39.0 Å². The molecular weight excluding hydrogens is 484 g/mol. The molecule has 0 unspecified atom stereocenters. The van der Waals surface area contributed by atoms with Crippen LogP contribution in [0.4, 0.5) is 20.2 Å². The van der Waals surface area contributed by atoms with Crippen LogP contribution in [0.2, 0.25) is 0 Å². The van der Waals surface area contributed by atoms with Crippen LogP contribution in [0.5, 0.6) is 0 Å². The number of anilines is 2. The van der Waals surface area contributed by atoms with Gasteiger partial charge in [-0.1, -0.05) is 11.2 Å². The Bertz CT molecular complexity index is 1230. The number of nitrogens with one attached hydrogen (secondary N) is 2. The molecule has 0 atom stereocenters. The van der Waals surface area contributed by atoms with E-state index in [2.05, 4.69) is 31.7 Å². The van der Waals surface area contributed by atoms with Gasteiger partial charge in [0.1, 0.15) is 17.4 Å². The average Bonchev–Trinajstić information content (AvgIpc) is 3.03. The number of rotatable bonds is 6. The maximum Gasteiger partial charge on any atom is 0.221 e. The van der Waals surface area contributed by atoms with Gasteiger partial charge in [0.15, 0.2) is 5.78 Å². The Morgan fingerprint density at radius 1 is 1.03 bits per heavy atom. The minimum Gasteiger partial charge on any atom is -0.361 e. The molecule has 2 aromatic carbocycles. The molecule has 2 N–H and O–H groups in total. The summed E-state index contributed by atoms with van der Waals surface area (Å²) >= 11 is 3.18. The number of nitrogens with zero attached hydrogens (tertiary/aromatic N) is 1. The van der Waals surface area contributed by atoms with Crippen LogP contribution in [0, 0.1) is 25.5 Å². The summed E-state index contributed by atoms with van der Waals surface area (Å²) in [6.45, 7) is 6.35. The van der Waals surface area contributed by atoms with Gasteiger partial charge in [0, 0.05) is 28.7 Å². The smallest absolute Gasteiger partial charge is 0.221 e. The van der Waals surface area contributed by atoms with Crippen molar-refractivity contribution in [3.8, 4) is 11.1 Å². The first-order chi connectivity index (χ1) is 15.1. The highest BCUT2D eigenvalue weighted by atomic mass is 79.9. The zero-order valence-corrected chi connectivity index (χ0v) is 19.4. The third-order valence-corrected chi connectivity index (χ3v) is 5.26. The van der Waals surface area contributed by atoms with E-state index in [1.807, 2.05) is 0 Å². The number of hydrogen-bond acceptors (Lipinski definition) is 5. The number of carbonyl (C=O) groups excluding carboxylic acids is 2. The zero-order valence-electron chi connectivity index (χ0n) is 17.8. The quantitative estimate of drug-likeness (QED) is 0.311.